The lowest BCUT2D eigenvalue weighted by atomic mass is 9.79. The summed E-state index contributed by atoms with van der Waals surface area (Å²) in [5, 5.41) is 3.62. The van der Waals surface area contributed by atoms with Crippen LogP contribution in [-0.2, 0) is 30.2 Å². The number of esters is 1. The minimum absolute atomic E-state index is 0.115. The topological polar surface area (TPSA) is 83.1 Å². The van der Waals surface area contributed by atoms with Gasteiger partial charge in [0.1, 0.15) is 18.1 Å². The number of hydrogen-bond donors (Lipinski definition) is 1. The molecule has 1 aromatic carbocycles. The number of aryl methyl sites for hydroxylation is 1. The minimum Gasteiger partial charge on any atom is -0.496 e. The van der Waals surface area contributed by atoms with Gasteiger partial charge in [-0.25, -0.2) is 4.79 Å². The average molecular weight is 438 g/mol. The highest BCUT2D eigenvalue weighted by Crippen LogP contribution is 2.46. The van der Waals surface area contributed by atoms with Gasteiger partial charge in [-0.3, -0.25) is 4.79 Å². The summed E-state index contributed by atoms with van der Waals surface area (Å²) >= 11 is 6.25. The zero-order valence-electron chi connectivity index (χ0n) is 17.8. The fourth-order valence-electron chi connectivity index (χ4n) is 4.35. The highest BCUT2D eigenvalue weighted by Gasteiger charge is 2.50. The van der Waals surface area contributed by atoms with Crippen LogP contribution in [0.15, 0.2) is 17.9 Å². The number of carbonyl (C=O) groups is 2. The molecule has 7 nitrogen and oxygen atoms in total. The van der Waals surface area contributed by atoms with Gasteiger partial charge in [0, 0.05) is 24.8 Å². The van der Waals surface area contributed by atoms with Gasteiger partial charge < -0.3 is 24.3 Å². The zero-order valence-corrected chi connectivity index (χ0v) is 18.6. The SMILES string of the molecule is CCc1cc(Cl)cc(OC)c1C1=C(OC(=O)COC)C2(CCC(OC)CC2)NC1=O. The van der Waals surface area contributed by atoms with E-state index in [0.717, 1.165) is 18.4 Å². The molecule has 8 heteroatoms. The second kappa shape index (κ2) is 9.37. The van der Waals surface area contributed by atoms with Crippen LogP contribution in [-0.4, -0.2) is 51.5 Å². The van der Waals surface area contributed by atoms with Crippen LogP contribution in [0.25, 0.3) is 5.57 Å². The second-order valence-corrected chi connectivity index (χ2v) is 8.01. The Morgan fingerprint density at radius 2 is 1.93 bits per heavy atom. The Morgan fingerprint density at radius 3 is 2.50 bits per heavy atom. The summed E-state index contributed by atoms with van der Waals surface area (Å²) in [6.07, 6.45) is 3.44. The van der Waals surface area contributed by atoms with Crippen molar-refractivity contribution in [3.05, 3.63) is 34.0 Å². The van der Waals surface area contributed by atoms with Crippen molar-refractivity contribution in [2.75, 3.05) is 27.9 Å². The number of benzene rings is 1. The Hall–Kier alpha value is -2.09. The van der Waals surface area contributed by atoms with E-state index in [1.165, 1.54) is 14.2 Å². The first-order chi connectivity index (χ1) is 14.4. The van der Waals surface area contributed by atoms with Crippen LogP contribution in [0.1, 0.15) is 43.7 Å². The third kappa shape index (κ3) is 4.19. The smallest absolute Gasteiger partial charge is 0.337 e. The van der Waals surface area contributed by atoms with Crippen LogP contribution < -0.4 is 10.1 Å². The summed E-state index contributed by atoms with van der Waals surface area (Å²) in [5.74, 6) is -0.0473. The number of rotatable bonds is 7. The van der Waals surface area contributed by atoms with Crippen LogP contribution >= 0.6 is 11.6 Å². The maximum atomic E-state index is 13.3. The van der Waals surface area contributed by atoms with E-state index in [2.05, 4.69) is 5.32 Å². The lowest BCUT2D eigenvalue weighted by Crippen LogP contribution is -2.49. The first-order valence-corrected chi connectivity index (χ1v) is 10.4. The molecule has 164 valence electrons. The second-order valence-electron chi connectivity index (χ2n) is 7.58. The molecule has 3 rings (SSSR count). The molecule has 0 unspecified atom stereocenters. The molecule has 0 aromatic heterocycles. The van der Waals surface area contributed by atoms with Crippen molar-refractivity contribution >= 4 is 29.1 Å². The molecule has 2 aliphatic rings. The Balaban J connectivity index is 2.18. The number of ether oxygens (including phenoxy) is 4. The van der Waals surface area contributed by atoms with Crippen LogP contribution in [0.2, 0.25) is 5.02 Å². The van der Waals surface area contributed by atoms with Gasteiger partial charge in [0.25, 0.3) is 5.91 Å². The van der Waals surface area contributed by atoms with Crippen LogP contribution in [0.4, 0.5) is 0 Å². The number of carbonyl (C=O) groups excluding carboxylic acids is 2. The number of amides is 1. The van der Waals surface area contributed by atoms with E-state index < -0.39 is 11.5 Å². The summed E-state index contributed by atoms with van der Waals surface area (Å²) in [6.45, 7) is 1.76. The van der Waals surface area contributed by atoms with Gasteiger partial charge >= 0.3 is 5.97 Å². The molecule has 30 heavy (non-hydrogen) atoms. The molecule has 1 aliphatic carbocycles. The van der Waals surface area contributed by atoms with E-state index in [1.54, 1.807) is 19.2 Å². The largest absolute Gasteiger partial charge is 0.496 e. The molecule has 1 saturated carbocycles. The van der Waals surface area contributed by atoms with Crippen molar-refractivity contribution < 1.29 is 28.5 Å². The van der Waals surface area contributed by atoms with Gasteiger partial charge in [-0.2, -0.15) is 0 Å². The summed E-state index contributed by atoms with van der Waals surface area (Å²) in [7, 11) is 4.63. The van der Waals surface area contributed by atoms with Gasteiger partial charge in [0.15, 0.2) is 0 Å². The van der Waals surface area contributed by atoms with E-state index in [-0.39, 0.29) is 18.6 Å². The minimum atomic E-state index is -0.763. The number of methoxy groups -OCH3 is 3. The lowest BCUT2D eigenvalue weighted by molar-refractivity contribution is -0.145. The quantitative estimate of drug-likeness (QED) is 0.659. The van der Waals surface area contributed by atoms with E-state index in [9.17, 15) is 9.59 Å². The predicted octanol–water partition coefficient (Wildman–Crippen LogP) is 3.27. The molecule has 1 heterocycles. The van der Waals surface area contributed by atoms with Gasteiger partial charge in [-0.05, 0) is 49.8 Å². The molecule has 1 N–H and O–H groups in total. The third-order valence-electron chi connectivity index (χ3n) is 5.84. The number of hydrogen-bond acceptors (Lipinski definition) is 6. The molecule has 0 atom stereocenters. The summed E-state index contributed by atoms with van der Waals surface area (Å²) < 4.78 is 21.8. The monoisotopic (exact) mass is 437 g/mol. The standard InChI is InChI=1S/C22H28ClNO6/c1-5-13-10-14(23)11-16(29-4)18(13)19-20(30-17(25)12-27-2)22(24-21(19)26)8-6-15(28-3)7-9-22/h10-11,15H,5-9,12H2,1-4H3,(H,24,26). The highest BCUT2D eigenvalue weighted by atomic mass is 35.5. The van der Waals surface area contributed by atoms with Crippen molar-refractivity contribution in [2.45, 2.75) is 50.7 Å². The Labute approximate surface area is 181 Å². The Kier molecular flexibility index (Phi) is 7.06. The van der Waals surface area contributed by atoms with Crippen molar-refractivity contribution in [1.82, 2.24) is 5.32 Å². The predicted molar refractivity (Wildman–Crippen MR) is 112 cm³/mol. The summed E-state index contributed by atoms with van der Waals surface area (Å²) in [4.78, 5) is 25.7. The molecule has 0 radical (unpaired) electrons. The maximum Gasteiger partial charge on any atom is 0.337 e. The fourth-order valence-corrected chi connectivity index (χ4v) is 4.58. The van der Waals surface area contributed by atoms with Crippen molar-refractivity contribution in [1.29, 1.82) is 0 Å². The van der Waals surface area contributed by atoms with Gasteiger partial charge in [-0.15, -0.1) is 0 Å². The molecule has 0 saturated heterocycles. The van der Waals surface area contributed by atoms with Crippen molar-refractivity contribution in [2.24, 2.45) is 0 Å². The highest BCUT2D eigenvalue weighted by molar-refractivity contribution is 6.31. The normalized spacial score (nSPS) is 23.6. The molecule has 1 aromatic rings. The summed E-state index contributed by atoms with van der Waals surface area (Å²) in [5.41, 5.74) is 1.00. The van der Waals surface area contributed by atoms with E-state index >= 15 is 0 Å². The molecule has 1 aliphatic heterocycles. The molecular weight excluding hydrogens is 410 g/mol. The first kappa shape index (κ1) is 22.6. The van der Waals surface area contributed by atoms with Crippen LogP contribution in [0, 0.1) is 0 Å². The summed E-state index contributed by atoms with van der Waals surface area (Å²) in [6, 6.07) is 3.47. The molecule has 0 bridgehead atoms. The third-order valence-corrected chi connectivity index (χ3v) is 6.06. The van der Waals surface area contributed by atoms with Crippen LogP contribution in [0.5, 0.6) is 5.75 Å². The number of nitrogens with one attached hydrogen (secondary N) is 1. The zero-order chi connectivity index (χ0) is 21.9. The van der Waals surface area contributed by atoms with Gasteiger partial charge in [0.2, 0.25) is 0 Å². The van der Waals surface area contributed by atoms with E-state index in [1.807, 2.05) is 6.92 Å². The van der Waals surface area contributed by atoms with Crippen LogP contribution in [0.3, 0.4) is 0 Å². The maximum absolute atomic E-state index is 13.3. The van der Waals surface area contributed by atoms with Gasteiger partial charge in [0.05, 0.1) is 24.3 Å². The average Bonchev–Trinajstić information content (AvgIpc) is 2.98. The first-order valence-electron chi connectivity index (χ1n) is 10.1. The molecule has 1 amide bonds. The fraction of sp³-hybridized carbons (Fsp3) is 0.545. The molecule has 1 spiro atoms. The Morgan fingerprint density at radius 1 is 1.23 bits per heavy atom. The lowest BCUT2D eigenvalue weighted by Gasteiger charge is -2.37. The van der Waals surface area contributed by atoms with Crippen molar-refractivity contribution in [3.8, 4) is 5.75 Å². The van der Waals surface area contributed by atoms with E-state index in [4.69, 9.17) is 30.5 Å². The van der Waals surface area contributed by atoms with E-state index in [0.29, 0.717) is 46.9 Å². The Bertz CT molecular complexity index is 832. The molecular formula is C22H28ClNO6. The number of halogens is 1. The van der Waals surface area contributed by atoms with Crippen molar-refractivity contribution in [3.63, 3.8) is 0 Å². The molecule has 1 fully saturated rings. The van der Waals surface area contributed by atoms with Gasteiger partial charge in [-0.1, -0.05) is 18.5 Å².